The average molecular weight is 404 g/mol. The summed E-state index contributed by atoms with van der Waals surface area (Å²) in [6, 6.07) is 4.39. The van der Waals surface area contributed by atoms with Gasteiger partial charge < -0.3 is 4.90 Å². The van der Waals surface area contributed by atoms with Crippen LogP contribution in [0.15, 0.2) is 18.2 Å². The van der Waals surface area contributed by atoms with Crippen LogP contribution < -0.4 is 0 Å². The lowest BCUT2D eigenvalue weighted by molar-refractivity contribution is -0.384. The number of nitrogens with zero attached hydrogens (tertiary/aromatic N) is 2. The Morgan fingerprint density at radius 3 is 2.38 bits per heavy atom. The van der Waals surface area contributed by atoms with Gasteiger partial charge in [-0.05, 0) is 41.5 Å². The molecule has 0 spiro atoms. The van der Waals surface area contributed by atoms with Gasteiger partial charge in [0.15, 0.2) is 0 Å². The Balaban J connectivity index is 2.97. The molecule has 0 aromatic heterocycles. The maximum absolute atomic E-state index is 12.6. The zero-order valence-corrected chi connectivity index (χ0v) is 14.8. The number of hydrogen-bond donors (Lipinski definition) is 0. The highest BCUT2D eigenvalue weighted by Gasteiger charge is 2.21. The first-order chi connectivity index (χ1) is 9.94. The highest BCUT2D eigenvalue weighted by atomic mass is 127. The van der Waals surface area contributed by atoms with Crippen molar-refractivity contribution >= 4 is 34.2 Å². The maximum atomic E-state index is 12.6. The quantitative estimate of drug-likeness (QED) is 0.391. The van der Waals surface area contributed by atoms with Crippen molar-refractivity contribution in [3.8, 4) is 0 Å². The first-order valence-electron chi connectivity index (χ1n) is 7.17. The monoisotopic (exact) mass is 404 g/mol. The smallest absolute Gasteiger partial charge is 0.270 e. The third-order valence-corrected chi connectivity index (χ3v) is 4.59. The van der Waals surface area contributed by atoms with Crippen molar-refractivity contribution in [2.75, 3.05) is 13.1 Å². The molecular formula is C15H21IN2O3. The molecule has 0 N–H and O–H groups in total. The summed E-state index contributed by atoms with van der Waals surface area (Å²) in [5.41, 5.74) is 0.549. The molecule has 0 radical (unpaired) electrons. The van der Waals surface area contributed by atoms with Crippen LogP contribution in [0, 0.1) is 19.6 Å². The van der Waals surface area contributed by atoms with E-state index < -0.39 is 4.92 Å². The van der Waals surface area contributed by atoms with Gasteiger partial charge in [0.05, 0.1) is 10.5 Å². The number of hydrogen-bond acceptors (Lipinski definition) is 3. The molecule has 0 aliphatic heterocycles. The van der Waals surface area contributed by atoms with Crippen molar-refractivity contribution < 1.29 is 9.72 Å². The lowest BCUT2D eigenvalue weighted by Gasteiger charge is -2.26. The van der Waals surface area contributed by atoms with Crippen molar-refractivity contribution in [1.82, 2.24) is 4.90 Å². The number of halogens is 1. The number of non-ortho nitro benzene ring substituents is 1. The third kappa shape index (κ3) is 4.66. The minimum absolute atomic E-state index is 0.0130. The van der Waals surface area contributed by atoms with Crippen LogP contribution in [0.1, 0.15) is 44.0 Å². The van der Waals surface area contributed by atoms with E-state index in [0.717, 1.165) is 19.4 Å². The molecule has 5 nitrogen and oxygen atoms in total. The number of nitro benzene ring substituents is 1. The van der Waals surface area contributed by atoms with Gasteiger partial charge >= 0.3 is 0 Å². The number of rotatable bonds is 7. The second kappa shape index (κ2) is 8.31. The summed E-state index contributed by atoms with van der Waals surface area (Å²) in [6.45, 7) is 7.58. The number of benzene rings is 1. The highest BCUT2D eigenvalue weighted by molar-refractivity contribution is 14.1. The van der Waals surface area contributed by atoms with Crippen LogP contribution in [0.3, 0.4) is 0 Å². The summed E-state index contributed by atoms with van der Waals surface area (Å²) >= 11 is 1.98. The summed E-state index contributed by atoms with van der Waals surface area (Å²) < 4.78 is 0.620. The van der Waals surface area contributed by atoms with E-state index in [2.05, 4.69) is 13.8 Å². The first-order valence-corrected chi connectivity index (χ1v) is 8.25. The molecular weight excluding hydrogens is 383 g/mol. The number of amides is 1. The van der Waals surface area contributed by atoms with Gasteiger partial charge in [0.25, 0.3) is 11.6 Å². The SMILES string of the molecule is CCC(CC)CN(CC)C(=O)c1ccc([N+](=O)[O-])cc1I. The van der Waals surface area contributed by atoms with Crippen molar-refractivity contribution in [3.63, 3.8) is 0 Å². The molecule has 1 rings (SSSR count). The molecule has 0 unspecified atom stereocenters. The van der Waals surface area contributed by atoms with Gasteiger partial charge in [-0.25, -0.2) is 0 Å². The van der Waals surface area contributed by atoms with Crippen LogP contribution in [0.5, 0.6) is 0 Å². The fourth-order valence-corrected chi connectivity index (χ4v) is 2.91. The molecule has 0 fully saturated rings. The Hall–Kier alpha value is -1.18. The molecule has 0 bridgehead atoms. The van der Waals surface area contributed by atoms with Gasteiger partial charge in [-0.15, -0.1) is 0 Å². The van der Waals surface area contributed by atoms with Crippen LogP contribution in [0.4, 0.5) is 5.69 Å². The van der Waals surface area contributed by atoms with E-state index in [1.165, 1.54) is 12.1 Å². The van der Waals surface area contributed by atoms with E-state index >= 15 is 0 Å². The summed E-state index contributed by atoms with van der Waals surface area (Å²) in [5, 5.41) is 10.8. The average Bonchev–Trinajstić information content (AvgIpc) is 2.47. The fraction of sp³-hybridized carbons (Fsp3) is 0.533. The number of carbonyl (C=O) groups is 1. The van der Waals surface area contributed by atoms with Gasteiger partial charge in [-0.1, -0.05) is 26.7 Å². The van der Waals surface area contributed by atoms with Crippen LogP contribution >= 0.6 is 22.6 Å². The normalized spacial score (nSPS) is 10.7. The minimum atomic E-state index is -0.446. The first kappa shape index (κ1) is 17.9. The molecule has 1 aromatic carbocycles. The van der Waals surface area contributed by atoms with Gasteiger partial charge in [0, 0.05) is 28.8 Å². The maximum Gasteiger partial charge on any atom is 0.270 e. The summed E-state index contributed by atoms with van der Waals surface area (Å²) in [5.74, 6) is 0.438. The second-order valence-electron chi connectivity index (χ2n) is 4.95. The predicted octanol–water partition coefficient (Wildman–Crippen LogP) is 4.10. The van der Waals surface area contributed by atoms with Gasteiger partial charge in [-0.3, -0.25) is 14.9 Å². The molecule has 0 saturated heterocycles. The van der Waals surface area contributed by atoms with E-state index in [1.807, 2.05) is 34.4 Å². The Morgan fingerprint density at radius 2 is 1.95 bits per heavy atom. The van der Waals surface area contributed by atoms with E-state index in [0.29, 0.717) is 21.6 Å². The number of carbonyl (C=O) groups excluding carboxylic acids is 1. The Morgan fingerprint density at radius 1 is 1.33 bits per heavy atom. The number of nitro groups is 1. The molecule has 0 atom stereocenters. The van der Waals surface area contributed by atoms with Gasteiger partial charge in [0.2, 0.25) is 0 Å². The highest BCUT2D eigenvalue weighted by Crippen LogP contribution is 2.22. The molecule has 1 amide bonds. The zero-order chi connectivity index (χ0) is 16.0. The Bertz CT molecular complexity index is 516. The fourth-order valence-electron chi connectivity index (χ4n) is 2.18. The van der Waals surface area contributed by atoms with Crippen molar-refractivity contribution in [2.45, 2.75) is 33.6 Å². The zero-order valence-electron chi connectivity index (χ0n) is 12.6. The van der Waals surface area contributed by atoms with Crippen molar-refractivity contribution in [1.29, 1.82) is 0 Å². The summed E-state index contributed by atoms with van der Waals surface area (Å²) in [6.07, 6.45) is 2.08. The Labute approximate surface area is 139 Å². The van der Waals surface area contributed by atoms with Crippen LogP contribution in [-0.4, -0.2) is 28.8 Å². The minimum Gasteiger partial charge on any atom is -0.339 e. The van der Waals surface area contributed by atoms with Crippen LogP contribution in [0.2, 0.25) is 0 Å². The molecule has 116 valence electrons. The predicted molar refractivity (Wildman–Crippen MR) is 91.5 cm³/mol. The molecule has 1 aromatic rings. The van der Waals surface area contributed by atoms with Gasteiger partial charge in [0.1, 0.15) is 0 Å². The molecule has 0 aliphatic rings. The van der Waals surface area contributed by atoms with Crippen LogP contribution in [-0.2, 0) is 0 Å². The van der Waals surface area contributed by atoms with Gasteiger partial charge in [-0.2, -0.15) is 0 Å². The molecule has 0 heterocycles. The molecule has 6 heteroatoms. The third-order valence-electron chi connectivity index (χ3n) is 3.70. The van der Waals surface area contributed by atoms with Crippen LogP contribution in [0.25, 0.3) is 0 Å². The lowest BCUT2D eigenvalue weighted by atomic mass is 10.0. The van der Waals surface area contributed by atoms with E-state index in [4.69, 9.17) is 0 Å². The largest absolute Gasteiger partial charge is 0.339 e. The molecule has 0 saturated carbocycles. The lowest BCUT2D eigenvalue weighted by Crippen LogP contribution is -2.35. The summed E-state index contributed by atoms with van der Waals surface area (Å²) in [7, 11) is 0. The van der Waals surface area contributed by atoms with E-state index in [-0.39, 0.29) is 11.6 Å². The van der Waals surface area contributed by atoms with E-state index in [1.54, 1.807) is 6.07 Å². The topological polar surface area (TPSA) is 63.5 Å². The Kier molecular flexibility index (Phi) is 7.07. The molecule has 0 aliphatic carbocycles. The standard InChI is InChI=1S/C15H21IN2O3/c1-4-11(5-2)10-17(6-3)15(19)13-8-7-12(18(20)21)9-14(13)16/h7-9,11H,4-6,10H2,1-3H3. The van der Waals surface area contributed by atoms with E-state index in [9.17, 15) is 14.9 Å². The van der Waals surface area contributed by atoms with Crippen molar-refractivity contribution in [2.24, 2.45) is 5.92 Å². The second-order valence-corrected chi connectivity index (χ2v) is 6.11. The molecule has 21 heavy (non-hydrogen) atoms. The summed E-state index contributed by atoms with van der Waals surface area (Å²) in [4.78, 5) is 24.7. The van der Waals surface area contributed by atoms with Crippen molar-refractivity contribution in [3.05, 3.63) is 37.4 Å².